The lowest BCUT2D eigenvalue weighted by molar-refractivity contribution is -0.117. The van der Waals surface area contributed by atoms with E-state index in [1.165, 1.54) is 31.4 Å². The number of hydrogen-bond donors (Lipinski definition) is 3. The average Bonchev–Trinajstić information content (AvgIpc) is 3.56. The predicted molar refractivity (Wildman–Crippen MR) is 136 cm³/mol. The maximum absolute atomic E-state index is 12.4. The SMILES string of the molecule is O=C(CC1CCCC1)Nc1cccc(N2CCC(NCc3nc(-c4ccccc4)n[nH]3)CC2)c1. The van der Waals surface area contributed by atoms with E-state index in [9.17, 15) is 4.79 Å². The zero-order chi connectivity index (χ0) is 23.2. The Balaban J connectivity index is 1.08. The van der Waals surface area contributed by atoms with Crippen molar-refractivity contribution in [3.8, 4) is 11.4 Å². The van der Waals surface area contributed by atoms with Gasteiger partial charge in [-0.05, 0) is 49.8 Å². The summed E-state index contributed by atoms with van der Waals surface area (Å²) >= 11 is 0. The normalized spacial score (nSPS) is 17.2. The van der Waals surface area contributed by atoms with Gasteiger partial charge in [-0.1, -0.05) is 49.2 Å². The summed E-state index contributed by atoms with van der Waals surface area (Å²) in [6.45, 7) is 2.67. The maximum atomic E-state index is 12.4. The zero-order valence-corrected chi connectivity index (χ0v) is 19.7. The van der Waals surface area contributed by atoms with Gasteiger partial charge in [0.1, 0.15) is 5.82 Å². The van der Waals surface area contributed by atoms with Crippen LogP contribution in [0.4, 0.5) is 11.4 Å². The standard InChI is InChI=1S/C27H34N6O/c34-26(17-20-7-4-5-8-20)29-23-11-6-12-24(18-23)33-15-13-22(14-16-33)28-19-25-30-27(32-31-25)21-9-2-1-3-10-21/h1-3,6,9-12,18,20,22,28H,4-5,7-8,13-17,19H2,(H,29,34)(H,30,31,32). The van der Waals surface area contributed by atoms with E-state index in [0.717, 1.165) is 48.8 Å². The third kappa shape index (κ3) is 5.83. The van der Waals surface area contributed by atoms with Crippen LogP contribution < -0.4 is 15.5 Å². The quantitative estimate of drug-likeness (QED) is 0.454. The van der Waals surface area contributed by atoms with E-state index in [1.54, 1.807) is 0 Å². The summed E-state index contributed by atoms with van der Waals surface area (Å²) in [6, 6.07) is 18.8. The number of piperidine rings is 1. The molecule has 1 saturated heterocycles. The minimum absolute atomic E-state index is 0.148. The Kier molecular flexibility index (Phi) is 7.19. The number of carbonyl (C=O) groups excluding carboxylic acids is 1. The lowest BCUT2D eigenvalue weighted by atomic mass is 10.0. The third-order valence-corrected chi connectivity index (χ3v) is 7.06. The van der Waals surface area contributed by atoms with Crippen molar-refractivity contribution in [2.75, 3.05) is 23.3 Å². The summed E-state index contributed by atoms with van der Waals surface area (Å²) < 4.78 is 0. The Morgan fingerprint density at radius 1 is 1.00 bits per heavy atom. The van der Waals surface area contributed by atoms with E-state index in [2.05, 4.69) is 42.8 Å². The van der Waals surface area contributed by atoms with E-state index < -0.39 is 0 Å². The summed E-state index contributed by atoms with van der Waals surface area (Å²) in [5.74, 6) is 2.32. The maximum Gasteiger partial charge on any atom is 0.224 e. The molecule has 2 fully saturated rings. The second kappa shape index (κ2) is 10.8. The molecular weight excluding hydrogens is 424 g/mol. The number of aromatic nitrogens is 3. The van der Waals surface area contributed by atoms with Crippen molar-refractivity contribution in [2.45, 2.75) is 57.5 Å². The van der Waals surface area contributed by atoms with Crippen molar-refractivity contribution in [1.82, 2.24) is 20.5 Å². The van der Waals surface area contributed by atoms with Crippen LogP contribution in [-0.4, -0.2) is 40.2 Å². The van der Waals surface area contributed by atoms with Gasteiger partial charge in [0.05, 0.1) is 6.54 Å². The highest BCUT2D eigenvalue weighted by molar-refractivity contribution is 5.91. The van der Waals surface area contributed by atoms with E-state index in [1.807, 2.05) is 42.5 Å². The Morgan fingerprint density at radius 3 is 2.59 bits per heavy atom. The van der Waals surface area contributed by atoms with E-state index in [4.69, 9.17) is 0 Å². The minimum atomic E-state index is 0.148. The zero-order valence-electron chi connectivity index (χ0n) is 19.7. The van der Waals surface area contributed by atoms with Crippen LogP contribution in [0.15, 0.2) is 54.6 Å². The van der Waals surface area contributed by atoms with Gasteiger partial charge in [0.25, 0.3) is 0 Å². The molecular formula is C27H34N6O. The molecule has 3 N–H and O–H groups in total. The highest BCUT2D eigenvalue weighted by atomic mass is 16.1. The number of anilines is 2. The van der Waals surface area contributed by atoms with Crippen LogP contribution in [0.3, 0.4) is 0 Å². The number of nitrogens with zero attached hydrogens (tertiary/aromatic N) is 3. The molecule has 0 unspecified atom stereocenters. The number of nitrogens with one attached hydrogen (secondary N) is 3. The number of rotatable bonds is 8. The van der Waals surface area contributed by atoms with Crippen LogP contribution in [0.25, 0.3) is 11.4 Å². The molecule has 178 valence electrons. The Labute approximate surface area is 201 Å². The molecule has 7 nitrogen and oxygen atoms in total. The second-order valence-electron chi connectivity index (χ2n) is 9.57. The fourth-order valence-corrected chi connectivity index (χ4v) is 5.14. The summed E-state index contributed by atoms with van der Waals surface area (Å²) in [5.41, 5.74) is 3.11. The van der Waals surface area contributed by atoms with Crippen LogP contribution in [0.2, 0.25) is 0 Å². The molecule has 5 rings (SSSR count). The lowest BCUT2D eigenvalue weighted by Gasteiger charge is -2.34. The highest BCUT2D eigenvalue weighted by Crippen LogP contribution is 2.28. The highest BCUT2D eigenvalue weighted by Gasteiger charge is 2.21. The van der Waals surface area contributed by atoms with Crippen molar-refractivity contribution in [1.29, 1.82) is 0 Å². The van der Waals surface area contributed by atoms with Crippen LogP contribution in [0.5, 0.6) is 0 Å². The summed E-state index contributed by atoms with van der Waals surface area (Å²) in [6.07, 6.45) is 7.72. The molecule has 2 aromatic carbocycles. The Morgan fingerprint density at radius 2 is 1.79 bits per heavy atom. The van der Waals surface area contributed by atoms with Gasteiger partial charge in [-0.2, -0.15) is 5.10 Å². The Hall–Kier alpha value is -3.19. The predicted octanol–water partition coefficient (Wildman–Crippen LogP) is 4.75. The van der Waals surface area contributed by atoms with Crippen molar-refractivity contribution >= 4 is 17.3 Å². The van der Waals surface area contributed by atoms with Crippen molar-refractivity contribution in [2.24, 2.45) is 5.92 Å². The van der Waals surface area contributed by atoms with Gasteiger partial charge in [0.2, 0.25) is 5.91 Å². The molecule has 0 bridgehead atoms. The fraction of sp³-hybridized carbons (Fsp3) is 0.444. The number of hydrogen-bond acceptors (Lipinski definition) is 5. The number of aromatic amines is 1. The molecule has 1 saturated carbocycles. The fourth-order valence-electron chi connectivity index (χ4n) is 5.14. The first-order valence-electron chi connectivity index (χ1n) is 12.6. The molecule has 1 aliphatic carbocycles. The molecule has 2 aliphatic rings. The smallest absolute Gasteiger partial charge is 0.224 e. The largest absolute Gasteiger partial charge is 0.371 e. The van der Waals surface area contributed by atoms with Gasteiger partial charge < -0.3 is 15.5 Å². The van der Waals surface area contributed by atoms with Gasteiger partial charge in [0.15, 0.2) is 5.82 Å². The first-order valence-corrected chi connectivity index (χ1v) is 12.6. The number of carbonyl (C=O) groups is 1. The first-order chi connectivity index (χ1) is 16.7. The summed E-state index contributed by atoms with van der Waals surface area (Å²) in [5, 5.41) is 14.1. The van der Waals surface area contributed by atoms with Crippen LogP contribution >= 0.6 is 0 Å². The minimum Gasteiger partial charge on any atom is -0.371 e. The molecule has 1 aromatic heterocycles. The van der Waals surface area contributed by atoms with E-state index in [0.29, 0.717) is 24.9 Å². The molecule has 2 heterocycles. The van der Waals surface area contributed by atoms with Crippen LogP contribution in [-0.2, 0) is 11.3 Å². The van der Waals surface area contributed by atoms with Gasteiger partial charge in [-0.3, -0.25) is 9.89 Å². The lowest BCUT2D eigenvalue weighted by Crippen LogP contribution is -2.42. The number of benzene rings is 2. The molecule has 0 atom stereocenters. The first kappa shape index (κ1) is 22.6. The monoisotopic (exact) mass is 458 g/mol. The molecule has 0 spiro atoms. The summed E-state index contributed by atoms with van der Waals surface area (Å²) in [7, 11) is 0. The van der Waals surface area contributed by atoms with Gasteiger partial charge >= 0.3 is 0 Å². The molecule has 3 aromatic rings. The summed E-state index contributed by atoms with van der Waals surface area (Å²) in [4.78, 5) is 19.5. The average molecular weight is 459 g/mol. The van der Waals surface area contributed by atoms with Crippen LogP contribution in [0.1, 0.15) is 50.8 Å². The molecule has 34 heavy (non-hydrogen) atoms. The third-order valence-electron chi connectivity index (χ3n) is 7.06. The van der Waals surface area contributed by atoms with Gasteiger partial charge in [-0.25, -0.2) is 4.98 Å². The number of H-pyrrole nitrogens is 1. The van der Waals surface area contributed by atoms with Gasteiger partial charge in [0, 0.05) is 42.5 Å². The Bertz CT molecular complexity index is 1070. The van der Waals surface area contributed by atoms with Crippen molar-refractivity contribution < 1.29 is 4.79 Å². The molecule has 7 heteroatoms. The molecule has 1 amide bonds. The number of amides is 1. The molecule has 0 radical (unpaired) electrons. The van der Waals surface area contributed by atoms with Gasteiger partial charge in [-0.15, -0.1) is 0 Å². The van der Waals surface area contributed by atoms with Crippen molar-refractivity contribution in [3.63, 3.8) is 0 Å². The second-order valence-corrected chi connectivity index (χ2v) is 9.57. The molecule has 1 aliphatic heterocycles. The topological polar surface area (TPSA) is 85.9 Å². The van der Waals surface area contributed by atoms with Crippen LogP contribution in [0, 0.1) is 5.92 Å². The van der Waals surface area contributed by atoms with Crippen molar-refractivity contribution in [3.05, 3.63) is 60.4 Å². The van der Waals surface area contributed by atoms with E-state index in [-0.39, 0.29) is 5.91 Å². The van der Waals surface area contributed by atoms with E-state index >= 15 is 0 Å².